The highest BCUT2D eigenvalue weighted by Gasteiger charge is 2.38. The van der Waals surface area contributed by atoms with E-state index < -0.39 is 5.92 Å². The summed E-state index contributed by atoms with van der Waals surface area (Å²) in [5, 5.41) is 8.71. The van der Waals surface area contributed by atoms with Gasteiger partial charge in [-0.25, -0.2) is 0 Å². The third kappa shape index (κ3) is 5.07. The quantitative estimate of drug-likeness (QED) is 0.444. The van der Waals surface area contributed by atoms with Crippen LogP contribution in [0.1, 0.15) is 26.2 Å². The van der Waals surface area contributed by atoms with Gasteiger partial charge in [0.1, 0.15) is 0 Å². The third-order valence-electron chi connectivity index (χ3n) is 5.64. The Balaban J connectivity index is 1.48. The molecule has 33 heavy (non-hydrogen) atoms. The summed E-state index contributed by atoms with van der Waals surface area (Å²) in [6.07, 6.45) is 2.19. The minimum absolute atomic E-state index is 0.0484. The topological polar surface area (TPSA) is 79.5 Å². The SMILES string of the molecule is CSc1ccc(N2CC(C(=O)N(Cc3nnc(-c4ccccc4Cl)o3)C(C)C)CC2=O)cc1. The Morgan fingerprint density at radius 2 is 1.94 bits per heavy atom. The number of hydrogen-bond donors (Lipinski definition) is 0. The largest absolute Gasteiger partial charge is 0.419 e. The van der Waals surface area contributed by atoms with Crippen LogP contribution in [0.5, 0.6) is 0 Å². The molecular formula is C24H25ClN4O3S. The molecule has 0 spiro atoms. The number of carbonyl (C=O) groups is 2. The first-order chi connectivity index (χ1) is 15.9. The molecule has 172 valence electrons. The van der Waals surface area contributed by atoms with Gasteiger partial charge in [-0.05, 0) is 56.5 Å². The van der Waals surface area contributed by atoms with Crippen LogP contribution in [0.4, 0.5) is 5.69 Å². The van der Waals surface area contributed by atoms with Gasteiger partial charge >= 0.3 is 0 Å². The molecule has 0 bridgehead atoms. The summed E-state index contributed by atoms with van der Waals surface area (Å²) >= 11 is 7.87. The van der Waals surface area contributed by atoms with Crippen molar-refractivity contribution in [2.24, 2.45) is 5.92 Å². The van der Waals surface area contributed by atoms with Crippen molar-refractivity contribution in [2.45, 2.75) is 37.8 Å². The maximum Gasteiger partial charge on any atom is 0.249 e. The first-order valence-corrected chi connectivity index (χ1v) is 12.3. The summed E-state index contributed by atoms with van der Waals surface area (Å²) < 4.78 is 5.80. The van der Waals surface area contributed by atoms with Gasteiger partial charge in [0.05, 0.1) is 23.0 Å². The number of thioether (sulfide) groups is 1. The number of benzene rings is 2. The van der Waals surface area contributed by atoms with Crippen LogP contribution in [0.2, 0.25) is 5.02 Å². The minimum atomic E-state index is -0.425. The zero-order chi connectivity index (χ0) is 23.5. The van der Waals surface area contributed by atoms with E-state index in [4.69, 9.17) is 16.0 Å². The Morgan fingerprint density at radius 3 is 2.61 bits per heavy atom. The summed E-state index contributed by atoms with van der Waals surface area (Å²) in [5.41, 5.74) is 1.45. The van der Waals surface area contributed by atoms with E-state index in [0.717, 1.165) is 10.6 Å². The van der Waals surface area contributed by atoms with E-state index in [0.29, 0.717) is 28.9 Å². The molecule has 1 fully saturated rings. The number of anilines is 1. The number of nitrogens with zero attached hydrogens (tertiary/aromatic N) is 4. The Kier molecular flexibility index (Phi) is 7.05. The van der Waals surface area contributed by atoms with E-state index >= 15 is 0 Å². The standard InChI is InChI=1S/C24H25ClN4O3S/c1-15(2)28(14-21-26-27-23(32-21)19-6-4-5-7-20(19)25)24(31)16-12-22(30)29(13-16)17-8-10-18(33-3)11-9-17/h4-11,15-16H,12-14H2,1-3H3. The van der Waals surface area contributed by atoms with Gasteiger partial charge in [-0.2, -0.15) is 0 Å². The van der Waals surface area contributed by atoms with Crippen molar-refractivity contribution in [1.29, 1.82) is 0 Å². The van der Waals surface area contributed by atoms with Crippen LogP contribution < -0.4 is 4.90 Å². The smallest absolute Gasteiger partial charge is 0.249 e. The van der Waals surface area contributed by atoms with Gasteiger partial charge in [-0.15, -0.1) is 22.0 Å². The lowest BCUT2D eigenvalue weighted by Gasteiger charge is -2.28. The Hall–Kier alpha value is -2.84. The van der Waals surface area contributed by atoms with Crippen molar-refractivity contribution in [1.82, 2.24) is 15.1 Å². The highest BCUT2D eigenvalue weighted by Crippen LogP contribution is 2.30. The van der Waals surface area contributed by atoms with E-state index in [9.17, 15) is 9.59 Å². The predicted octanol–water partition coefficient (Wildman–Crippen LogP) is 4.90. The van der Waals surface area contributed by atoms with Gasteiger partial charge < -0.3 is 14.2 Å². The molecule has 9 heteroatoms. The second-order valence-corrected chi connectivity index (χ2v) is 9.43. The Labute approximate surface area is 202 Å². The molecule has 4 rings (SSSR count). The fourth-order valence-corrected chi connectivity index (χ4v) is 4.47. The van der Waals surface area contributed by atoms with Crippen molar-refractivity contribution in [3.63, 3.8) is 0 Å². The molecule has 1 saturated heterocycles. The van der Waals surface area contributed by atoms with Gasteiger partial charge in [-0.3, -0.25) is 9.59 Å². The number of hydrogen-bond acceptors (Lipinski definition) is 6. The zero-order valence-corrected chi connectivity index (χ0v) is 20.3. The molecule has 0 radical (unpaired) electrons. The number of halogens is 1. The van der Waals surface area contributed by atoms with Gasteiger partial charge in [-0.1, -0.05) is 23.7 Å². The third-order valence-corrected chi connectivity index (χ3v) is 6.71. The van der Waals surface area contributed by atoms with Crippen LogP contribution in [0, 0.1) is 5.92 Å². The molecule has 0 N–H and O–H groups in total. The summed E-state index contributed by atoms with van der Waals surface area (Å²) in [6.45, 7) is 4.38. The fraction of sp³-hybridized carbons (Fsp3) is 0.333. The van der Waals surface area contributed by atoms with Crippen LogP contribution in [0.15, 0.2) is 57.8 Å². The molecular weight excluding hydrogens is 460 g/mol. The van der Waals surface area contributed by atoms with Crippen LogP contribution in [-0.2, 0) is 16.1 Å². The molecule has 0 saturated carbocycles. The number of aromatic nitrogens is 2. The molecule has 0 aliphatic carbocycles. The maximum absolute atomic E-state index is 13.4. The summed E-state index contributed by atoms with van der Waals surface area (Å²) in [5.74, 6) is 0.0568. The van der Waals surface area contributed by atoms with Gasteiger partial charge in [0.2, 0.25) is 23.6 Å². The van der Waals surface area contributed by atoms with E-state index in [1.54, 1.807) is 33.7 Å². The van der Waals surface area contributed by atoms with Crippen molar-refractivity contribution in [2.75, 3.05) is 17.7 Å². The van der Waals surface area contributed by atoms with E-state index in [1.165, 1.54) is 0 Å². The molecule has 2 aromatic carbocycles. The Morgan fingerprint density at radius 1 is 1.21 bits per heavy atom. The lowest BCUT2D eigenvalue weighted by atomic mass is 10.1. The van der Waals surface area contributed by atoms with Crippen LogP contribution in [0.3, 0.4) is 0 Å². The summed E-state index contributed by atoms with van der Waals surface area (Å²) in [6, 6.07) is 14.9. The predicted molar refractivity (Wildman–Crippen MR) is 129 cm³/mol. The fourth-order valence-electron chi connectivity index (χ4n) is 3.84. The molecule has 3 aromatic rings. The van der Waals surface area contributed by atoms with E-state index in [-0.39, 0.29) is 30.8 Å². The molecule has 1 aliphatic heterocycles. The van der Waals surface area contributed by atoms with Crippen molar-refractivity contribution in [3.8, 4) is 11.5 Å². The van der Waals surface area contributed by atoms with Gasteiger partial charge in [0, 0.05) is 29.6 Å². The number of amides is 2. The molecule has 2 amide bonds. The lowest BCUT2D eigenvalue weighted by Crippen LogP contribution is -2.41. The van der Waals surface area contributed by atoms with Crippen molar-refractivity contribution < 1.29 is 14.0 Å². The molecule has 7 nitrogen and oxygen atoms in total. The summed E-state index contributed by atoms with van der Waals surface area (Å²) in [7, 11) is 0. The van der Waals surface area contributed by atoms with Crippen molar-refractivity contribution >= 4 is 40.9 Å². The van der Waals surface area contributed by atoms with Gasteiger partial charge in [0.15, 0.2) is 0 Å². The minimum Gasteiger partial charge on any atom is -0.419 e. The Bertz CT molecular complexity index is 1150. The van der Waals surface area contributed by atoms with Crippen molar-refractivity contribution in [3.05, 3.63) is 59.4 Å². The second kappa shape index (κ2) is 9.97. The maximum atomic E-state index is 13.4. The number of rotatable bonds is 7. The lowest BCUT2D eigenvalue weighted by molar-refractivity contribution is -0.138. The first kappa shape index (κ1) is 23.3. The zero-order valence-electron chi connectivity index (χ0n) is 18.7. The van der Waals surface area contributed by atoms with Crippen LogP contribution in [0.25, 0.3) is 11.5 Å². The monoisotopic (exact) mass is 484 g/mol. The van der Waals surface area contributed by atoms with Crippen LogP contribution >= 0.6 is 23.4 Å². The van der Waals surface area contributed by atoms with E-state index in [2.05, 4.69) is 10.2 Å². The summed E-state index contributed by atoms with van der Waals surface area (Å²) in [4.78, 5) is 30.6. The number of carbonyl (C=O) groups excluding carboxylic acids is 2. The molecule has 1 unspecified atom stereocenters. The highest BCUT2D eigenvalue weighted by molar-refractivity contribution is 7.98. The van der Waals surface area contributed by atoms with Crippen LogP contribution in [-0.4, -0.2) is 45.8 Å². The average Bonchev–Trinajstić information content (AvgIpc) is 3.44. The van der Waals surface area contributed by atoms with E-state index in [1.807, 2.05) is 56.5 Å². The molecule has 1 atom stereocenters. The second-order valence-electron chi connectivity index (χ2n) is 8.14. The average molecular weight is 485 g/mol. The molecule has 2 heterocycles. The first-order valence-electron chi connectivity index (χ1n) is 10.7. The highest BCUT2D eigenvalue weighted by atomic mass is 35.5. The molecule has 1 aromatic heterocycles. The molecule has 1 aliphatic rings. The van der Waals surface area contributed by atoms with Gasteiger partial charge in [0.25, 0.3) is 0 Å². The normalized spacial score (nSPS) is 16.0.